The zero-order chi connectivity index (χ0) is 11.8. The van der Waals surface area contributed by atoms with E-state index in [2.05, 4.69) is 36.5 Å². The molecule has 1 heterocycles. The summed E-state index contributed by atoms with van der Waals surface area (Å²) in [7, 11) is 0. The molecule has 0 atom stereocenters. The quantitative estimate of drug-likeness (QED) is 0.668. The van der Waals surface area contributed by atoms with Crippen LogP contribution in [0, 0.1) is 0 Å². The second kappa shape index (κ2) is 7.40. The first-order valence-corrected chi connectivity index (χ1v) is 6.18. The molecule has 0 saturated heterocycles. The Bertz CT molecular complexity index is 322. The topological polar surface area (TPSA) is 70.1 Å². The molecule has 0 aromatic carbocycles. The second-order valence-corrected chi connectivity index (χ2v) is 4.07. The Kier molecular flexibility index (Phi) is 6.10. The lowest BCUT2D eigenvalue weighted by molar-refractivity contribution is 0.286. The summed E-state index contributed by atoms with van der Waals surface area (Å²) in [6, 6.07) is 0. The number of aliphatic hydroxyl groups excluding tert-OH is 1. The molecule has 16 heavy (non-hydrogen) atoms. The van der Waals surface area contributed by atoms with Crippen molar-refractivity contribution in [1.29, 1.82) is 0 Å². The Morgan fingerprint density at radius 3 is 2.56 bits per heavy atom. The minimum absolute atomic E-state index is 0.231. The van der Waals surface area contributed by atoms with Gasteiger partial charge in [0.1, 0.15) is 22.4 Å². The average molecular weight is 289 g/mol. The van der Waals surface area contributed by atoms with Crippen molar-refractivity contribution in [3.8, 4) is 0 Å². The molecule has 5 nitrogen and oxygen atoms in total. The molecule has 0 spiro atoms. The van der Waals surface area contributed by atoms with Gasteiger partial charge >= 0.3 is 0 Å². The van der Waals surface area contributed by atoms with Crippen molar-refractivity contribution < 1.29 is 5.11 Å². The normalized spacial score (nSPS) is 10.2. The molecule has 0 radical (unpaired) electrons. The summed E-state index contributed by atoms with van der Waals surface area (Å²) in [4.78, 5) is 8.27. The van der Waals surface area contributed by atoms with E-state index in [1.54, 1.807) is 0 Å². The van der Waals surface area contributed by atoms with Crippen LogP contribution in [0.1, 0.15) is 19.8 Å². The summed E-state index contributed by atoms with van der Waals surface area (Å²) in [5, 5.41) is 15.0. The Labute approximate surface area is 104 Å². The molecule has 0 fully saturated rings. The number of hydrogen-bond acceptors (Lipinski definition) is 5. The number of aromatic nitrogens is 2. The van der Waals surface area contributed by atoms with E-state index >= 15 is 0 Å². The van der Waals surface area contributed by atoms with Crippen molar-refractivity contribution in [3.05, 3.63) is 10.8 Å². The van der Waals surface area contributed by atoms with Crippen LogP contribution in [0.15, 0.2) is 10.8 Å². The largest absolute Gasteiger partial charge is 0.396 e. The van der Waals surface area contributed by atoms with Gasteiger partial charge in [0, 0.05) is 19.7 Å². The van der Waals surface area contributed by atoms with Gasteiger partial charge in [-0.2, -0.15) is 0 Å². The zero-order valence-corrected chi connectivity index (χ0v) is 10.9. The van der Waals surface area contributed by atoms with E-state index in [4.69, 9.17) is 5.11 Å². The third-order valence-corrected chi connectivity index (χ3v) is 2.76. The molecule has 0 aliphatic carbocycles. The molecular weight excluding hydrogens is 272 g/mol. The SMILES string of the molecule is CCNc1ncnc(NCCCCO)c1Br. The molecule has 0 amide bonds. The van der Waals surface area contributed by atoms with Crippen LogP contribution in [0.3, 0.4) is 0 Å². The molecule has 0 saturated carbocycles. The molecule has 1 rings (SSSR count). The number of anilines is 2. The lowest BCUT2D eigenvalue weighted by atomic mass is 10.3. The molecule has 0 unspecified atom stereocenters. The maximum absolute atomic E-state index is 8.66. The monoisotopic (exact) mass is 288 g/mol. The first kappa shape index (κ1) is 13.2. The average Bonchev–Trinajstić information content (AvgIpc) is 2.29. The third-order valence-electron chi connectivity index (χ3n) is 2.01. The summed E-state index contributed by atoms with van der Waals surface area (Å²) >= 11 is 3.45. The van der Waals surface area contributed by atoms with Crippen molar-refractivity contribution in [3.63, 3.8) is 0 Å². The van der Waals surface area contributed by atoms with Crippen molar-refractivity contribution >= 4 is 27.6 Å². The minimum Gasteiger partial charge on any atom is -0.396 e. The van der Waals surface area contributed by atoms with Gasteiger partial charge in [-0.3, -0.25) is 0 Å². The first-order chi connectivity index (χ1) is 7.79. The van der Waals surface area contributed by atoms with Crippen molar-refractivity contribution in [2.45, 2.75) is 19.8 Å². The molecule has 6 heteroatoms. The maximum atomic E-state index is 8.66. The molecule has 0 aliphatic rings. The van der Waals surface area contributed by atoms with Crippen LogP contribution in [0.4, 0.5) is 11.6 Å². The number of halogens is 1. The number of aliphatic hydroxyl groups is 1. The molecule has 90 valence electrons. The highest BCUT2D eigenvalue weighted by molar-refractivity contribution is 9.10. The smallest absolute Gasteiger partial charge is 0.145 e. The third kappa shape index (κ3) is 3.94. The lowest BCUT2D eigenvalue weighted by Crippen LogP contribution is -2.08. The fraction of sp³-hybridized carbons (Fsp3) is 0.600. The van der Waals surface area contributed by atoms with Crippen molar-refractivity contribution in [1.82, 2.24) is 9.97 Å². The van der Waals surface area contributed by atoms with E-state index in [-0.39, 0.29) is 6.61 Å². The first-order valence-electron chi connectivity index (χ1n) is 5.38. The molecule has 3 N–H and O–H groups in total. The van der Waals surface area contributed by atoms with E-state index in [1.807, 2.05) is 6.92 Å². The highest BCUT2D eigenvalue weighted by Gasteiger charge is 2.06. The molecule has 1 aromatic rings. The van der Waals surface area contributed by atoms with Crippen LogP contribution in [-0.2, 0) is 0 Å². The van der Waals surface area contributed by atoms with E-state index < -0.39 is 0 Å². The number of rotatable bonds is 7. The van der Waals surface area contributed by atoms with Gasteiger partial charge in [0.25, 0.3) is 0 Å². The molecule has 1 aromatic heterocycles. The summed E-state index contributed by atoms with van der Waals surface area (Å²) in [5.41, 5.74) is 0. The van der Waals surface area contributed by atoms with Gasteiger partial charge in [-0.1, -0.05) is 0 Å². The Hall–Kier alpha value is -0.880. The number of nitrogens with zero attached hydrogens (tertiary/aromatic N) is 2. The Morgan fingerprint density at radius 1 is 1.25 bits per heavy atom. The van der Waals surface area contributed by atoms with Gasteiger partial charge in [0.2, 0.25) is 0 Å². The van der Waals surface area contributed by atoms with Gasteiger partial charge in [-0.25, -0.2) is 9.97 Å². The summed E-state index contributed by atoms with van der Waals surface area (Å²) in [6.07, 6.45) is 3.25. The van der Waals surface area contributed by atoms with E-state index in [9.17, 15) is 0 Å². The summed E-state index contributed by atoms with van der Waals surface area (Å²) in [5.74, 6) is 1.58. The Morgan fingerprint density at radius 2 is 1.94 bits per heavy atom. The van der Waals surface area contributed by atoms with Gasteiger partial charge in [-0.15, -0.1) is 0 Å². The highest BCUT2D eigenvalue weighted by atomic mass is 79.9. The van der Waals surface area contributed by atoms with Crippen LogP contribution in [0.25, 0.3) is 0 Å². The van der Waals surface area contributed by atoms with Gasteiger partial charge < -0.3 is 15.7 Å². The highest BCUT2D eigenvalue weighted by Crippen LogP contribution is 2.26. The van der Waals surface area contributed by atoms with Crippen LogP contribution in [0.5, 0.6) is 0 Å². The predicted molar refractivity (Wildman–Crippen MR) is 68.7 cm³/mol. The number of unbranched alkanes of at least 4 members (excludes halogenated alkanes) is 1. The fourth-order valence-electron chi connectivity index (χ4n) is 1.23. The molecule has 0 aliphatic heterocycles. The van der Waals surface area contributed by atoms with Crippen LogP contribution >= 0.6 is 15.9 Å². The summed E-state index contributed by atoms with van der Waals surface area (Å²) < 4.78 is 0.848. The van der Waals surface area contributed by atoms with E-state index in [0.717, 1.165) is 42.0 Å². The second-order valence-electron chi connectivity index (χ2n) is 3.27. The number of hydrogen-bond donors (Lipinski definition) is 3. The number of nitrogens with one attached hydrogen (secondary N) is 2. The van der Waals surface area contributed by atoms with Gasteiger partial charge in [-0.05, 0) is 35.7 Å². The van der Waals surface area contributed by atoms with Crippen molar-refractivity contribution in [2.24, 2.45) is 0 Å². The van der Waals surface area contributed by atoms with Crippen molar-refractivity contribution in [2.75, 3.05) is 30.3 Å². The lowest BCUT2D eigenvalue weighted by Gasteiger charge is -2.10. The van der Waals surface area contributed by atoms with Gasteiger partial charge in [0.15, 0.2) is 0 Å². The Balaban J connectivity index is 2.55. The predicted octanol–water partition coefficient (Wildman–Crippen LogP) is 1.86. The van der Waals surface area contributed by atoms with Crippen LogP contribution in [0.2, 0.25) is 0 Å². The molecule has 0 bridgehead atoms. The standard InChI is InChI=1S/C10H17BrN4O/c1-2-12-9-8(11)10(15-7-14-9)13-5-3-4-6-16/h7,16H,2-6H2,1H3,(H2,12,13,14,15). The van der Waals surface area contributed by atoms with Crippen LogP contribution < -0.4 is 10.6 Å². The molecular formula is C10H17BrN4O. The van der Waals surface area contributed by atoms with Gasteiger partial charge in [0.05, 0.1) is 0 Å². The maximum Gasteiger partial charge on any atom is 0.145 e. The van der Waals surface area contributed by atoms with Crippen LogP contribution in [-0.4, -0.2) is 34.8 Å². The fourth-order valence-corrected chi connectivity index (χ4v) is 1.71. The zero-order valence-electron chi connectivity index (χ0n) is 9.33. The van der Waals surface area contributed by atoms with E-state index in [0.29, 0.717) is 0 Å². The van der Waals surface area contributed by atoms with E-state index in [1.165, 1.54) is 6.33 Å². The minimum atomic E-state index is 0.231. The summed E-state index contributed by atoms with van der Waals surface area (Å²) in [6.45, 7) is 3.86.